The standard InChI is InChI=1S/C22H26N2O/c1-16-6-5-7-18(14-16)22(25)10-12-24(13-11-22)15-21-17(2)19-8-3-4-9-20(19)23-21/h3-9,14,23,25H,10-13,15H2,1-2H3. The van der Waals surface area contributed by atoms with Crippen LogP contribution in [-0.2, 0) is 12.1 Å². The molecule has 1 aromatic heterocycles. The monoisotopic (exact) mass is 334 g/mol. The Morgan fingerprint density at radius 3 is 2.52 bits per heavy atom. The van der Waals surface area contributed by atoms with Crippen molar-refractivity contribution in [2.24, 2.45) is 0 Å². The molecule has 3 heteroatoms. The lowest BCUT2D eigenvalue weighted by atomic mass is 9.84. The van der Waals surface area contributed by atoms with E-state index in [4.69, 9.17) is 0 Å². The molecule has 0 bridgehead atoms. The van der Waals surface area contributed by atoms with Crippen LogP contribution in [0, 0.1) is 13.8 Å². The van der Waals surface area contributed by atoms with Gasteiger partial charge in [0, 0.05) is 36.2 Å². The molecule has 2 heterocycles. The van der Waals surface area contributed by atoms with Crippen molar-refractivity contribution in [2.45, 2.75) is 38.8 Å². The Hall–Kier alpha value is -2.10. The number of nitrogens with zero attached hydrogens (tertiary/aromatic N) is 1. The van der Waals surface area contributed by atoms with Crippen molar-refractivity contribution >= 4 is 10.9 Å². The normalized spacial score (nSPS) is 17.9. The number of rotatable bonds is 3. The highest BCUT2D eigenvalue weighted by atomic mass is 16.3. The van der Waals surface area contributed by atoms with Crippen LogP contribution in [0.1, 0.15) is 35.2 Å². The largest absolute Gasteiger partial charge is 0.385 e. The molecular formula is C22H26N2O. The molecule has 0 spiro atoms. The van der Waals surface area contributed by atoms with Gasteiger partial charge in [-0.2, -0.15) is 0 Å². The summed E-state index contributed by atoms with van der Waals surface area (Å²) in [5, 5.41) is 12.4. The molecule has 130 valence electrons. The lowest BCUT2D eigenvalue weighted by Gasteiger charge is -2.38. The summed E-state index contributed by atoms with van der Waals surface area (Å²) in [4.78, 5) is 6.01. The summed E-state index contributed by atoms with van der Waals surface area (Å²) in [6.07, 6.45) is 1.57. The maximum Gasteiger partial charge on any atom is 0.0921 e. The first-order valence-corrected chi connectivity index (χ1v) is 9.13. The SMILES string of the molecule is Cc1cccc(C2(O)CCN(Cc3[nH]c4ccccc4c3C)CC2)c1. The molecule has 1 aliphatic rings. The molecule has 0 radical (unpaired) electrons. The molecule has 0 saturated carbocycles. The minimum atomic E-state index is -0.683. The van der Waals surface area contributed by atoms with Crippen LogP contribution in [0.25, 0.3) is 10.9 Å². The average Bonchev–Trinajstić information content (AvgIpc) is 2.93. The quantitative estimate of drug-likeness (QED) is 0.751. The van der Waals surface area contributed by atoms with Gasteiger partial charge in [-0.05, 0) is 43.9 Å². The number of likely N-dealkylation sites (tertiary alicyclic amines) is 1. The Balaban J connectivity index is 1.47. The van der Waals surface area contributed by atoms with E-state index in [1.165, 1.54) is 27.7 Å². The highest BCUT2D eigenvalue weighted by Crippen LogP contribution is 2.34. The summed E-state index contributed by atoms with van der Waals surface area (Å²) in [6.45, 7) is 7.03. The zero-order valence-electron chi connectivity index (χ0n) is 15.0. The number of nitrogens with one attached hydrogen (secondary N) is 1. The molecule has 0 amide bonds. The second kappa shape index (κ2) is 6.32. The average molecular weight is 334 g/mol. The van der Waals surface area contributed by atoms with Crippen molar-refractivity contribution < 1.29 is 5.11 Å². The Morgan fingerprint density at radius 1 is 1.04 bits per heavy atom. The van der Waals surface area contributed by atoms with Crippen molar-refractivity contribution in [3.63, 3.8) is 0 Å². The molecule has 1 saturated heterocycles. The van der Waals surface area contributed by atoms with E-state index in [1.807, 2.05) is 6.07 Å². The number of para-hydroxylation sites is 1. The molecule has 3 aromatic rings. The fourth-order valence-electron chi connectivity index (χ4n) is 4.02. The lowest BCUT2D eigenvalue weighted by Crippen LogP contribution is -2.42. The summed E-state index contributed by atoms with van der Waals surface area (Å²) in [6, 6.07) is 16.8. The van der Waals surface area contributed by atoms with Gasteiger partial charge in [0.05, 0.1) is 5.60 Å². The first-order valence-electron chi connectivity index (χ1n) is 9.13. The van der Waals surface area contributed by atoms with Gasteiger partial charge >= 0.3 is 0 Å². The third-order valence-electron chi connectivity index (χ3n) is 5.69. The Bertz CT molecular complexity index is 888. The van der Waals surface area contributed by atoms with Crippen LogP contribution in [0.15, 0.2) is 48.5 Å². The third kappa shape index (κ3) is 3.10. The number of H-pyrrole nitrogens is 1. The maximum absolute atomic E-state index is 11.1. The van der Waals surface area contributed by atoms with E-state index in [9.17, 15) is 5.11 Å². The van der Waals surface area contributed by atoms with Gasteiger partial charge in [0.2, 0.25) is 0 Å². The maximum atomic E-state index is 11.1. The van der Waals surface area contributed by atoms with Gasteiger partial charge in [-0.25, -0.2) is 0 Å². The number of hydrogen-bond acceptors (Lipinski definition) is 2. The molecular weight excluding hydrogens is 308 g/mol. The van der Waals surface area contributed by atoms with E-state index >= 15 is 0 Å². The number of hydrogen-bond donors (Lipinski definition) is 2. The second-order valence-corrected chi connectivity index (χ2v) is 7.45. The molecule has 2 aromatic carbocycles. The Labute approximate surface area is 149 Å². The molecule has 0 aliphatic carbocycles. The second-order valence-electron chi connectivity index (χ2n) is 7.45. The van der Waals surface area contributed by atoms with Crippen molar-refractivity contribution in [2.75, 3.05) is 13.1 Å². The van der Waals surface area contributed by atoms with E-state index < -0.39 is 5.60 Å². The van der Waals surface area contributed by atoms with Gasteiger partial charge in [-0.3, -0.25) is 4.90 Å². The van der Waals surface area contributed by atoms with Gasteiger partial charge in [0.1, 0.15) is 0 Å². The number of aromatic nitrogens is 1. The van der Waals surface area contributed by atoms with Crippen LogP contribution in [0.4, 0.5) is 0 Å². The van der Waals surface area contributed by atoms with E-state index in [0.29, 0.717) is 0 Å². The van der Waals surface area contributed by atoms with Gasteiger partial charge in [-0.15, -0.1) is 0 Å². The first-order chi connectivity index (χ1) is 12.0. The number of fused-ring (bicyclic) bond motifs is 1. The van der Waals surface area contributed by atoms with E-state index in [0.717, 1.165) is 38.0 Å². The van der Waals surface area contributed by atoms with Crippen molar-refractivity contribution in [3.05, 3.63) is 70.9 Å². The molecule has 1 fully saturated rings. The fraction of sp³-hybridized carbons (Fsp3) is 0.364. The summed E-state index contributed by atoms with van der Waals surface area (Å²) < 4.78 is 0. The number of aromatic amines is 1. The zero-order chi connectivity index (χ0) is 17.4. The lowest BCUT2D eigenvalue weighted by molar-refractivity contribution is -0.0280. The van der Waals surface area contributed by atoms with Crippen LogP contribution >= 0.6 is 0 Å². The van der Waals surface area contributed by atoms with Gasteiger partial charge in [0.25, 0.3) is 0 Å². The van der Waals surface area contributed by atoms with Crippen molar-refractivity contribution in [1.82, 2.24) is 9.88 Å². The number of aliphatic hydroxyl groups is 1. The van der Waals surface area contributed by atoms with Crippen LogP contribution in [0.2, 0.25) is 0 Å². The zero-order valence-corrected chi connectivity index (χ0v) is 15.0. The highest BCUT2D eigenvalue weighted by molar-refractivity contribution is 5.84. The molecule has 3 nitrogen and oxygen atoms in total. The smallest absolute Gasteiger partial charge is 0.0921 e. The molecule has 1 aliphatic heterocycles. The van der Waals surface area contributed by atoms with Gasteiger partial charge in [-0.1, -0.05) is 48.0 Å². The first kappa shape index (κ1) is 16.4. The summed E-state index contributed by atoms with van der Waals surface area (Å²) in [5.41, 5.74) is 5.44. The molecule has 0 unspecified atom stereocenters. The topological polar surface area (TPSA) is 39.3 Å². The molecule has 25 heavy (non-hydrogen) atoms. The number of aryl methyl sites for hydroxylation is 2. The molecule has 0 atom stereocenters. The van der Waals surface area contributed by atoms with Crippen LogP contribution in [0.3, 0.4) is 0 Å². The number of piperidine rings is 1. The van der Waals surface area contributed by atoms with Crippen molar-refractivity contribution in [3.8, 4) is 0 Å². The molecule has 4 rings (SSSR count). The van der Waals surface area contributed by atoms with Crippen LogP contribution in [0.5, 0.6) is 0 Å². The predicted molar refractivity (Wildman–Crippen MR) is 103 cm³/mol. The van der Waals surface area contributed by atoms with Crippen molar-refractivity contribution in [1.29, 1.82) is 0 Å². The fourth-order valence-corrected chi connectivity index (χ4v) is 4.02. The van der Waals surface area contributed by atoms with Crippen LogP contribution in [-0.4, -0.2) is 28.1 Å². The van der Waals surface area contributed by atoms with Gasteiger partial charge in [0.15, 0.2) is 0 Å². The highest BCUT2D eigenvalue weighted by Gasteiger charge is 2.34. The number of benzene rings is 2. The van der Waals surface area contributed by atoms with E-state index in [2.05, 4.69) is 66.2 Å². The van der Waals surface area contributed by atoms with Crippen LogP contribution < -0.4 is 0 Å². The van der Waals surface area contributed by atoms with E-state index in [-0.39, 0.29) is 0 Å². The Kier molecular flexibility index (Phi) is 4.14. The summed E-state index contributed by atoms with van der Waals surface area (Å²) >= 11 is 0. The molecule has 2 N–H and O–H groups in total. The van der Waals surface area contributed by atoms with Gasteiger partial charge < -0.3 is 10.1 Å². The van der Waals surface area contributed by atoms with E-state index in [1.54, 1.807) is 0 Å². The predicted octanol–water partition coefficient (Wildman–Crippen LogP) is 4.27. The minimum Gasteiger partial charge on any atom is -0.385 e. The third-order valence-corrected chi connectivity index (χ3v) is 5.69. The summed E-state index contributed by atoms with van der Waals surface area (Å²) in [5.74, 6) is 0. The Morgan fingerprint density at radius 2 is 1.80 bits per heavy atom. The summed E-state index contributed by atoms with van der Waals surface area (Å²) in [7, 11) is 0. The minimum absolute atomic E-state index is 0.683.